The lowest BCUT2D eigenvalue weighted by Crippen LogP contribution is -2.53. The molecule has 4 heteroatoms. The summed E-state index contributed by atoms with van der Waals surface area (Å²) in [4.78, 5) is 14.2. The molecule has 20 heavy (non-hydrogen) atoms. The molecule has 0 spiro atoms. The van der Waals surface area contributed by atoms with Gasteiger partial charge in [-0.3, -0.25) is 0 Å². The third-order valence-electron chi connectivity index (χ3n) is 4.10. The minimum absolute atomic E-state index is 0.183. The second kappa shape index (κ2) is 6.00. The van der Waals surface area contributed by atoms with Gasteiger partial charge in [-0.15, -0.1) is 0 Å². The van der Waals surface area contributed by atoms with Crippen LogP contribution in [0.4, 0.5) is 4.79 Å². The molecule has 1 aromatic carbocycles. The minimum Gasteiger partial charge on any atom is -0.445 e. The molecule has 1 fully saturated rings. The predicted molar refractivity (Wildman–Crippen MR) is 81.7 cm³/mol. The average molecular weight is 336 g/mol. The Bertz CT molecular complexity index is 502. The Labute approximate surface area is 127 Å². The van der Waals surface area contributed by atoms with Crippen LogP contribution >= 0.6 is 15.9 Å². The highest BCUT2D eigenvalue weighted by atomic mass is 79.9. The minimum atomic E-state index is -0.196. The van der Waals surface area contributed by atoms with E-state index in [-0.39, 0.29) is 12.1 Å². The summed E-state index contributed by atoms with van der Waals surface area (Å²) < 4.78 is 5.45. The van der Waals surface area contributed by atoms with E-state index in [2.05, 4.69) is 28.1 Å². The number of carbonyl (C=O) groups is 1. The maximum absolute atomic E-state index is 12.3. The molecule has 0 saturated carbocycles. The first kappa shape index (κ1) is 13.7. The van der Waals surface area contributed by atoms with E-state index < -0.39 is 0 Å². The normalized spacial score (nSPS) is 27.6. The van der Waals surface area contributed by atoms with Crippen LogP contribution in [0.5, 0.6) is 0 Å². The van der Waals surface area contributed by atoms with Crippen molar-refractivity contribution in [2.75, 3.05) is 11.9 Å². The Morgan fingerprint density at radius 2 is 2.10 bits per heavy atom. The predicted octanol–water partition coefficient (Wildman–Crippen LogP) is 3.59. The van der Waals surface area contributed by atoms with Crippen molar-refractivity contribution in [1.82, 2.24) is 4.90 Å². The molecule has 0 N–H and O–H groups in total. The molecular weight excluding hydrogens is 318 g/mol. The van der Waals surface area contributed by atoms with Gasteiger partial charge in [0.1, 0.15) is 6.61 Å². The number of hydrogen-bond acceptors (Lipinski definition) is 2. The van der Waals surface area contributed by atoms with Crippen LogP contribution in [0.2, 0.25) is 0 Å². The molecule has 3 atom stereocenters. The quantitative estimate of drug-likeness (QED) is 0.624. The number of fused-ring (bicyclic) bond motifs is 2. The zero-order valence-corrected chi connectivity index (χ0v) is 12.8. The highest BCUT2D eigenvalue weighted by Crippen LogP contribution is 2.35. The Balaban J connectivity index is 1.62. The number of nitrogens with zero attached hydrogens (tertiary/aromatic N) is 1. The second-order valence-corrected chi connectivity index (χ2v) is 6.13. The fourth-order valence-corrected chi connectivity index (χ4v) is 3.70. The molecule has 3 aliphatic rings. The van der Waals surface area contributed by atoms with Gasteiger partial charge in [-0.1, -0.05) is 58.4 Å². The Kier molecular flexibility index (Phi) is 4.10. The zero-order valence-electron chi connectivity index (χ0n) is 11.2. The summed E-state index contributed by atoms with van der Waals surface area (Å²) in [6, 6.07) is 9.99. The zero-order chi connectivity index (χ0) is 13.9. The lowest BCUT2D eigenvalue weighted by atomic mass is 9.79. The van der Waals surface area contributed by atoms with E-state index in [1.165, 1.54) is 0 Å². The van der Waals surface area contributed by atoms with Crippen molar-refractivity contribution >= 4 is 22.0 Å². The van der Waals surface area contributed by atoms with Crippen molar-refractivity contribution in [1.29, 1.82) is 0 Å². The molecule has 3 unspecified atom stereocenters. The summed E-state index contributed by atoms with van der Waals surface area (Å²) in [5, 5.41) is 0.932. The molecule has 2 aliphatic heterocycles. The average Bonchev–Trinajstić information content (AvgIpc) is 2.53. The number of rotatable bonds is 3. The van der Waals surface area contributed by atoms with Gasteiger partial charge < -0.3 is 9.64 Å². The van der Waals surface area contributed by atoms with E-state index in [0.717, 1.165) is 23.9 Å². The third-order valence-corrected chi connectivity index (χ3v) is 4.93. The lowest BCUT2D eigenvalue weighted by molar-refractivity contribution is 0.0499. The Hall–Kier alpha value is -1.29. The van der Waals surface area contributed by atoms with E-state index in [0.29, 0.717) is 18.4 Å². The smallest absolute Gasteiger partial charge is 0.410 e. The van der Waals surface area contributed by atoms with Gasteiger partial charge in [0.25, 0.3) is 0 Å². The van der Waals surface area contributed by atoms with Gasteiger partial charge in [-0.05, 0) is 23.8 Å². The molecule has 2 bridgehead atoms. The van der Waals surface area contributed by atoms with Crippen LogP contribution in [0.15, 0.2) is 42.5 Å². The molecular formula is C16H18BrNO2. The summed E-state index contributed by atoms with van der Waals surface area (Å²) in [5.74, 6) is 0.981. The Morgan fingerprint density at radius 1 is 1.30 bits per heavy atom. The van der Waals surface area contributed by atoms with Crippen molar-refractivity contribution in [3.63, 3.8) is 0 Å². The summed E-state index contributed by atoms with van der Waals surface area (Å²) in [5.41, 5.74) is 1.02. The monoisotopic (exact) mass is 335 g/mol. The van der Waals surface area contributed by atoms with E-state index in [1.807, 2.05) is 35.2 Å². The maximum atomic E-state index is 12.3. The van der Waals surface area contributed by atoms with Crippen LogP contribution in [0, 0.1) is 11.8 Å². The van der Waals surface area contributed by atoms with Crippen LogP contribution in [0.1, 0.15) is 12.0 Å². The molecule has 3 nitrogen and oxygen atoms in total. The molecule has 1 amide bonds. The van der Waals surface area contributed by atoms with Gasteiger partial charge in [0.05, 0.1) is 6.04 Å². The van der Waals surface area contributed by atoms with Crippen LogP contribution in [0.3, 0.4) is 0 Å². The lowest BCUT2D eigenvalue weighted by Gasteiger charge is -2.45. The topological polar surface area (TPSA) is 29.5 Å². The highest BCUT2D eigenvalue weighted by molar-refractivity contribution is 9.09. The van der Waals surface area contributed by atoms with Gasteiger partial charge in [0, 0.05) is 11.9 Å². The highest BCUT2D eigenvalue weighted by Gasteiger charge is 2.39. The number of halogens is 1. The van der Waals surface area contributed by atoms with Crippen molar-refractivity contribution in [2.24, 2.45) is 11.8 Å². The number of piperidine rings is 1. The van der Waals surface area contributed by atoms with Gasteiger partial charge in [-0.25, -0.2) is 4.79 Å². The first-order valence-electron chi connectivity index (χ1n) is 6.99. The van der Waals surface area contributed by atoms with Gasteiger partial charge in [0.2, 0.25) is 0 Å². The molecule has 4 rings (SSSR count). The molecule has 0 radical (unpaired) electrons. The van der Waals surface area contributed by atoms with Crippen molar-refractivity contribution in [3.05, 3.63) is 48.0 Å². The SMILES string of the molecule is O=C(OCc1ccccc1)N1CC2C=CC1C(CBr)C2. The van der Waals surface area contributed by atoms with Crippen molar-refractivity contribution in [2.45, 2.75) is 19.1 Å². The van der Waals surface area contributed by atoms with Crippen LogP contribution in [-0.4, -0.2) is 28.9 Å². The molecule has 1 saturated heterocycles. The van der Waals surface area contributed by atoms with Gasteiger partial charge in [0.15, 0.2) is 0 Å². The van der Waals surface area contributed by atoms with Crippen LogP contribution in [0.25, 0.3) is 0 Å². The summed E-state index contributed by atoms with van der Waals surface area (Å²) >= 11 is 3.55. The summed E-state index contributed by atoms with van der Waals surface area (Å²) in [7, 11) is 0. The maximum Gasteiger partial charge on any atom is 0.410 e. The standard InChI is InChI=1S/C16H18BrNO2/c17-9-14-8-13-6-7-15(14)18(10-13)16(19)20-11-12-4-2-1-3-5-12/h1-7,13-15H,8-11H2. The second-order valence-electron chi connectivity index (χ2n) is 5.48. The van der Waals surface area contributed by atoms with Crippen LogP contribution < -0.4 is 0 Å². The third kappa shape index (κ3) is 2.75. The van der Waals surface area contributed by atoms with Gasteiger partial charge in [-0.2, -0.15) is 0 Å². The van der Waals surface area contributed by atoms with E-state index in [9.17, 15) is 4.79 Å². The summed E-state index contributed by atoms with van der Waals surface area (Å²) in [6.45, 7) is 1.13. The van der Waals surface area contributed by atoms with E-state index in [4.69, 9.17) is 4.74 Å². The summed E-state index contributed by atoms with van der Waals surface area (Å²) in [6.07, 6.45) is 5.37. The molecule has 1 aliphatic carbocycles. The Morgan fingerprint density at radius 3 is 2.80 bits per heavy atom. The number of ether oxygens (including phenoxy) is 1. The first-order valence-corrected chi connectivity index (χ1v) is 8.11. The first-order chi connectivity index (χ1) is 9.78. The molecule has 0 aromatic heterocycles. The molecule has 1 aromatic rings. The number of carbonyl (C=O) groups excluding carboxylic acids is 1. The van der Waals surface area contributed by atoms with Gasteiger partial charge >= 0.3 is 6.09 Å². The fourth-order valence-electron chi connectivity index (χ4n) is 3.06. The van der Waals surface area contributed by atoms with E-state index >= 15 is 0 Å². The number of amides is 1. The fraction of sp³-hybridized carbons (Fsp3) is 0.438. The van der Waals surface area contributed by atoms with Crippen molar-refractivity contribution < 1.29 is 9.53 Å². The number of alkyl halides is 1. The van der Waals surface area contributed by atoms with Crippen LogP contribution in [-0.2, 0) is 11.3 Å². The van der Waals surface area contributed by atoms with E-state index in [1.54, 1.807) is 0 Å². The molecule has 106 valence electrons. The number of benzene rings is 1. The largest absolute Gasteiger partial charge is 0.445 e. The van der Waals surface area contributed by atoms with Crippen molar-refractivity contribution in [3.8, 4) is 0 Å². The number of hydrogen-bond donors (Lipinski definition) is 0. The molecule has 2 heterocycles.